The smallest absolute Gasteiger partial charge is 0.197 e. The van der Waals surface area contributed by atoms with Crippen LogP contribution in [0.2, 0.25) is 0 Å². The fourth-order valence-electron chi connectivity index (χ4n) is 2.35. The Morgan fingerprint density at radius 3 is 2.14 bits per heavy atom. The van der Waals surface area contributed by atoms with E-state index in [2.05, 4.69) is 13.5 Å². The minimum Gasteiger partial charge on any atom is -0.465 e. The van der Waals surface area contributed by atoms with Crippen molar-refractivity contribution in [2.75, 3.05) is 0 Å². The Hall–Kier alpha value is -1.28. The molecule has 0 fully saturated rings. The van der Waals surface area contributed by atoms with Crippen LogP contribution in [0.5, 0.6) is 5.75 Å². The molecule has 0 bridgehead atoms. The third-order valence-electron chi connectivity index (χ3n) is 3.69. The lowest BCUT2D eigenvalue weighted by molar-refractivity contribution is -0.0246. The van der Waals surface area contributed by atoms with Gasteiger partial charge in [0.05, 0.1) is 0 Å². The van der Waals surface area contributed by atoms with Crippen molar-refractivity contribution in [3.8, 4) is 5.75 Å². The number of hydrogen-bond acceptors (Lipinski definition) is 2. The Balaban J connectivity index is 2.05. The third kappa shape index (κ3) is 8.56. The second-order valence-corrected chi connectivity index (χ2v) is 5.61. The number of rotatable bonds is 12. The summed E-state index contributed by atoms with van der Waals surface area (Å²) in [6.45, 7) is 5.96. The molecule has 2 heteroatoms. The molecule has 2 nitrogen and oxygen atoms in total. The maximum absolute atomic E-state index is 9.86. The molecule has 0 aliphatic carbocycles. The molecule has 1 N–H and O–H groups in total. The van der Waals surface area contributed by atoms with Gasteiger partial charge in [-0.25, -0.2) is 0 Å². The van der Waals surface area contributed by atoms with Crippen molar-refractivity contribution >= 4 is 6.08 Å². The number of aliphatic hydroxyl groups excluding tert-OH is 1. The van der Waals surface area contributed by atoms with Gasteiger partial charge < -0.3 is 9.84 Å². The van der Waals surface area contributed by atoms with Crippen molar-refractivity contribution in [2.45, 2.75) is 71.0 Å². The molecule has 0 spiro atoms. The van der Waals surface area contributed by atoms with Crippen LogP contribution < -0.4 is 4.74 Å². The van der Waals surface area contributed by atoms with Crippen molar-refractivity contribution in [3.63, 3.8) is 0 Å². The second kappa shape index (κ2) is 11.4. The van der Waals surface area contributed by atoms with Crippen LogP contribution in [0.3, 0.4) is 0 Å². The predicted octanol–water partition coefficient (Wildman–Crippen LogP) is 5.56. The van der Waals surface area contributed by atoms with Crippen molar-refractivity contribution < 1.29 is 9.84 Å². The summed E-state index contributed by atoms with van der Waals surface area (Å²) in [5, 5.41) is 9.86. The molecule has 0 amide bonds. The van der Waals surface area contributed by atoms with Crippen molar-refractivity contribution in [3.05, 3.63) is 36.4 Å². The molecule has 1 atom stereocenters. The van der Waals surface area contributed by atoms with Gasteiger partial charge in [-0.3, -0.25) is 0 Å². The fraction of sp³-hybridized carbons (Fsp3) is 0.579. The van der Waals surface area contributed by atoms with E-state index in [1.165, 1.54) is 44.9 Å². The molecule has 0 heterocycles. The molecule has 0 aliphatic heterocycles. The van der Waals surface area contributed by atoms with Gasteiger partial charge in [0.15, 0.2) is 6.29 Å². The molecule has 0 saturated heterocycles. The van der Waals surface area contributed by atoms with Gasteiger partial charge in [-0.05, 0) is 24.1 Å². The Morgan fingerprint density at radius 2 is 1.57 bits per heavy atom. The fourth-order valence-corrected chi connectivity index (χ4v) is 2.35. The van der Waals surface area contributed by atoms with Crippen LogP contribution in [-0.2, 0) is 0 Å². The standard InChI is InChI=1S/C19H30O2/c1-3-5-6-7-8-9-10-11-12-19(20)21-18-15-13-17(4-2)14-16-18/h4,13-16,19-20H,2-3,5-12H2,1H3. The van der Waals surface area contributed by atoms with E-state index in [4.69, 9.17) is 4.74 Å². The van der Waals surface area contributed by atoms with Gasteiger partial charge in [0.25, 0.3) is 0 Å². The van der Waals surface area contributed by atoms with E-state index >= 15 is 0 Å². The zero-order valence-corrected chi connectivity index (χ0v) is 13.4. The molecule has 1 aromatic carbocycles. The second-order valence-electron chi connectivity index (χ2n) is 5.61. The maximum atomic E-state index is 9.86. The van der Waals surface area contributed by atoms with Crippen molar-refractivity contribution in [1.82, 2.24) is 0 Å². The monoisotopic (exact) mass is 290 g/mol. The Labute approximate surface area is 129 Å². The highest BCUT2D eigenvalue weighted by molar-refractivity contribution is 5.48. The van der Waals surface area contributed by atoms with E-state index in [9.17, 15) is 5.11 Å². The molecule has 21 heavy (non-hydrogen) atoms. The number of ether oxygens (including phenoxy) is 1. The third-order valence-corrected chi connectivity index (χ3v) is 3.69. The molecular weight excluding hydrogens is 260 g/mol. The highest BCUT2D eigenvalue weighted by Crippen LogP contribution is 2.16. The molecule has 1 aromatic rings. The van der Waals surface area contributed by atoms with Crippen molar-refractivity contribution in [1.29, 1.82) is 0 Å². The van der Waals surface area contributed by atoms with E-state index in [-0.39, 0.29) is 0 Å². The first-order valence-corrected chi connectivity index (χ1v) is 8.33. The molecule has 0 aliphatic rings. The van der Waals surface area contributed by atoms with Gasteiger partial charge in [-0.2, -0.15) is 0 Å². The lowest BCUT2D eigenvalue weighted by Gasteiger charge is -2.13. The number of unbranched alkanes of at least 4 members (excludes halogenated alkanes) is 7. The van der Waals surface area contributed by atoms with Crippen molar-refractivity contribution in [2.24, 2.45) is 0 Å². The number of aliphatic hydroxyl groups is 1. The van der Waals surface area contributed by atoms with Crippen LogP contribution >= 0.6 is 0 Å². The molecule has 1 unspecified atom stereocenters. The van der Waals surface area contributed by atoms with Crippen LogP contribution in [-0.4, -0.2) is 11.4 Å². The normalized spacial score (nSPS) is 12.1. The zero-order valence-electron chi connectivity index (χ0n) is 13.4. The summed E-state index contributed by atoms with van der Waals surface area (Å²) >= 11 is 0. The average molecular weight is 290 g/mol. The lowest BCUT2D eigenvalue weighted by atomic mass is 10.1. The molecular formula is C19H30O2. The van der Waals surface area contributed by atoms with Gasteiger partial charge in [-0.1, -0.05) is 76.7 Å². The first-order chi connectivity index (χ1) is 10.3. The predicted molar refractivity (Wildman–Crippen MR) is 90.4 cm³/mol. The maximum Gasteiger partial charge on any atom is 0.197 e. The zero-order chi connectivity index (χ0) is 15.3. The molecule has 0 radical (unpaired) electrons. The summed E-state index contributed by atoms with van der Waals surface area (Å²) < 4.78 is 5.49. The SMILES string of the molecule is C=Cc1ccc(OC(O)CCCCCCCCCC)cc1. The van der Waals surface area contributed by atoms with E-state index in [0.717, 1.165) is 12.0 Å². The highest BCUT2D eigenvalue weighted by atomic mass is 16.6. The minimum absolute atomic E-state index is 0.695. The topological polar surface area (TPSA) is 29.5 Å². The Bertz CT molecular complexity index is 370. The van der Waals surface area contributed by atoms with Crippen LogP contribution in [0.1, 0.15) is 70.3 Å². The van der Waals surface area contributed by atoms with E-state index in [1.54, 1.807) is 6.08 Å². The van der Waals surface area contributed by atoms with Crippen LogP contribution in [0.4, 0.5) is 0 Å². The molecule has 1 rings (SSSR count). The molecule has 0 saturated carbocycles. The van der Waals surface area contributed by atoms with Gasteiger partial charge in [0, 0.05) is 6.42 Å². The first kappa shape index (κ1) is 17.8. The molecule has 0 aromatic heterocycles. The summed E-state index contributed by atoms with van der Waals surface area (Å²) in [6, 6.07) is 7.61. The minimum atomic E-state index is -0.695. The van der Waals surface area contributed by atoms with Gasteiger partial charge >= 0.3 is 0 Å². The van der Waals surface area contributed by atoms with E-state index in [0.29, 0.717) is 12.2 Å². The lowest BCUT2D eigenvalue weighted by Crippen LogP contribution is -2.15. The first-order valence-electron chi connectivity index (χ1n) is 8.33. The summed E-state index contributed by atoms with van der Waals surface area (Å²) in [5.74, 6) is 0.715. The summed E-state index contributed by atoms with van der Waals surface area (Å²) in [4.78, 5) is 0. The summed E-state index contributed by atoms with van der Waals surface area (Å²) in [7, 11) is 0. The van der Waals surface area contributed by atoms with Gasteiger partial charge in [0.1, 0.15) is 5.75 Å². The summed E-state index contributed by atoms with van der Waals surface area (Å²) in [5.41, 5.74) is 1.06. The largest absolute Gasteiger partial charge is 0.465 e. The van der Waals surface area contributed by atoms with Gasteiger partial charge in [0.2, 0.25) is 0 Å². The Morgan fingerprint density at radius 1 is 1.00 bits per heavy atom. The molecule has 118 valence electrons. The Kier molecular flexibility index (Phi) is 9.64. The highest BCUT2D eigenvalue weighted by Gasteiger charge is 2.05. The number of benzene rings is 1. The number of hydrogen-bond donors (Lipinski definition) is 1. The van der Waals surface area contributed by atoms with Crippen LogP contribution in [0.15, 0.2) is 30.8 Å². The van der Waals surface area contributed by atoms with Gasteiger partial charge in [-0.15, -0.1) is 0 Å². The average Bonchev–Trinajstić information content (AvgIpc) is 2.50. The van der Waals surface area contributed by atoms with Crippen LogP contribution in [0, 0.1) is 0 Å². The summed E-state index contributed by atoms with van der Waals surface area (Å²) in [6.07, 6.45) is 12.0. The van der Waals surface area contributed by atoms with E-state index in [1.807, 2.05) is 24.3 Å². The van der Waals surface area contributed by atoms with Crippen LogP contribution in [0.25, 0.3) is 6.08 Å². The van der Waals surface area contributed by atoms with E-state index < -0.39 is 6.29 Å². The quantitative estimate of drug-likeness (QED) is 0.403.